The Bertz CT molecular complexity index is 1150. The van der Waals surface area contributed by atoms with Crippen LogP contribution in [0.15, 0.2) is 47.8 Å². The number of pyridine rings is 1. The molecule has 1 aliphatic rings. The van der Waals surface area contributed by atoms with Crippen molar-refractivity contribution in [2.24, 2.45) is 0 Å². The molecule has 0 bridgehead atoms. The zero-order valence-corrected chi connectivity index (χ0v) is 17.5. The van der Waals surface area contributed by atoms with Gasteiger partial charge in [0.05, 0.1) is 24.0 Å². The second kappa shape index (κ2) is 8.63. The lowest BCUT2D eigenvalue weighted by atomic mass is 9.88. The normalized spacial score (nSPS) is 18.0. The van der Waals surface area contributed by atoms with E-state index >= 15 is 0 Å². The number of nitrogens with zero attached hydrogens (tertiary/aromatic N) is 5. The molecule has 31 heavy (non-hydrogen) atoms. The summed E-state index contributed by atoms with van der Waals surface area (Å²) in [4.78, 5) is 43.4. The Labute approximate surface area is 179 Å². The summed E-state index contributed by atoms with van der Waals surface area (Å²) in [5.74, 6) is 0.478. The molecule has 1 N–H and O–H groups in total. The van der Waals surface area contributed by atoms with Gasteiger partial charge in [-0.1, -0.05) is 6.92 Å². The Balaban J connectivity index is 1.83. The molecule has 3 aromatic rings. The summed E-state index contributed by atoms with van der Waals surface area (Å²) in [6.45, 7) is 2.54. The van der Waals surface area contributed by atoms with E-state index in [1.54, 1.807) is 35.2 Å². The Kier molecular flexibility index (Phi) is 5.75. The molecule has 0 fully saturated rings. The highest BCUT2D eigenvalue weighted by atomic mass is 16.5. The molecule has 0 spiro atoms. The Morgan fingerprint density at radius 1 is 1.23 bits per heavy atom. The van der Waals surface area contributed by atoms with Gasteiger partial charge in [-0.2, -0.15) is 0 Å². The predicted octanol–water partition coefficient (Wildman–Crippen LogP) is 2.32. The van der Waals surface area contributed by atoms with Crippen molar-refractivity contribution >= 4 is 5.91 Å². The second-order valence-electron chi connectivity index (χ2n) is 7.46. The van der Waals surface area contributed by atoms with Gasteiger partial charge in [0.15, 0.2) is 0 Å². The lowest BCUT2D eigenvalue weighted by molar-refractivity contribution is 0.0875. The van der Waals surface area contributed by atoms with Crippen molar-refractivity contribution in [3.8, 4) is 17.3 Å². The number of nitrogens with one attached hydrogen (secondary N) is 1. The van der Waals surface area contributed by atoms with Crippen molar-refractivity contribution in [3.63, 3.8) is 0 Å². The minimum Gasteiger partial charge on any atom is -0.480 e. The van der Waals surface area contributed by atoms with Crippen LogP contribution in [-0.2, 0) is 12.1 Å². The van der Waals surface area contributed by atoms with Crippen molar-refractivity contribution in [1.82, 2.24) is 29.8 Å². The van der Waals surface area contributed by atoms with E-state index < -0.39 is 5.54 Å². The molecule has 160 valence electrons. The van der Waals surface area contributed by atoms with Crippen LogP contribution in [0.25, 0.3) is 11.4 Å². The van der Waals surface area contributed by atoms with Crippen LogP contribution < -0.4 is 15.6 Å². The Morgan fingerprint density at radius 2 is 2.10 bits per heavy atom. The zero-order valence-electron chi connectivity index (χ0n) is 17.5. The van der Waals surface area contributed by atoms with Crippen LogP contribution in [0.1, 0.15) is 48.8 Å². The molecule has 9 heteroatoms. The molecule has 0 aliphatic carbocycles. The molecular weight excluding hydrogens is 396 g/mol. The molecule has 4 heterocycles. The van der Waals surface area contributed by atoms with E-state index in [2.05, 4.69) is 20.3 Å². The van der Waals surface area contributed by atoms with Crippen LogP contribution >= 0.6 is 0 Å². The quantitative estimate of drug-likeness (QED) is 0.674. The third kappa shape index (κ3) is 3.90. The number of fused-ring (bicyclic) bond motifs is 1. The van der Waals surface area contributed by atoms with Gasteiger partial charge in [-0.3, -0.25) is 14.2 Å². The standard InChI is InChI=1S/C22H24N6O3/c1-3-22(27-19(30)15-7-6-10-24-20(15)31-2)9-4-5-12-28-18(29)13-17(26-21(22)28)16-8-11-23-14-25-16/h6-8,10-11,13-14H,3-5,9,12H2,1-2H3,(H,27,30). The number of hydrogen-bond acceptors (Lipinski definition) is 7. The Hall–Kier alpha value is -3.62. The highest BCUT2D eigenvalue weighted by Gasteiger charge is 2.39. The van der Waals surface area contributed by atoms with Gasteiger partial charge in [-0.05, 0) is 43.9 Å². The molecule has 3 aromatic heterocycles. The monoisotopic (exact) mass is 420 g/mol. The molecule has 1 unspecified atom stereocenters. The van der Waals surface area contributed by atoms with E-state index in [1.807, 2.05) is 6.92 Å². The minimum absolute atomic E-state index is 0.161. The molecule has 9 nitrogen and oxygen atoms in total. The summed E-state index contributed by atoms with van der Waals surface area (Å²) in [5, 5.41) is 3.16. The number of hydrogen-bond donors (Lipinski definition) is 1. The van der Waals surface area contributed by atoms with Gasteiger partial charge in [-0.25, -0.2) is 19.9 Å². The molecule has 0 saturated carbocycles. The number of carbonyl (C=O) groups is 1. The summed E-state index contributed by atoms with van der Waals surface area (Å²) in [6.07, 6.45) is 7.51. The third-order valence-corrected chi connectivity index (χ3v) is 5.68. The summed E-state index contributed by atoms with van der Waals surface area (Å²) >= 11 is 0. The van der Waals surface area contributed by atoms with Crippen LogP contribution in [0.2, 0.25) is 0 Å². The average Bonchev–Trinajstić information content (AvgIpc) is 3.00. The fraction of sp³-hybridized carbons (Fsp3) is 0.364. The van der Waals surface area contributed by atoms with E-state index in [-0.39, 0.29) is 17.3 Å². The molecule has 0 saturated heterocycles. The van der Waals surface area contributed by atoms with E-state index in [1.165, 1.54) is 19.5 Å². The van der Waals surface area contributed by atoms with Crippen LogP contribution in [0, 0.1) is 0 Å². The first-order valence-electron chi connectivity index (χ1n) is 10.3. The van der Waals surface area contributed by atoms with Crippen molar-refractivity contribution in [3.05, 3.63) is 64.7 Å². The SMILES string of the molecule is CCC1(NC(=O)c2cccnc2OC)CCCCn2c1nc(-c1ccncn1)cc2=O. The highest BCUT2D eigenvalue weighted by Crippen LogP contribution is 2.33. The van der Waals surface area contributed by atoms with Crippen molar-refractivity contribution < 1.29 is 9.53 Å². The summed E-state index contributed by atoms with van der Waals surface area (Å²) in [7, 11) is 1.48. The van der Waals surface area contributed by atoms with Crippen LogP contribution in [0.3, 0.4) is 0 Å². The summed E-state index contributed by atoms with van der Waals surface area (Å²) in [5.41, 5.74) is 0.391. The molecule has 1 aliphatic heterocycles. The molecular formula is C22H24N6O3. The fourth-order valence-corrected chi connectivity index (χ4v) is 4.02. The fourth-order valence-electron chi connectivity index (χ4n) is 4.02. The first-order valence-corrected chi connectivity index (χ1v) is 10.3. The van der Waals surface area contributed by atoms with Crippen molar-refractivity contribution in [2.75, 3.05) is 7.11 Å². The topological polar surface area (TPSA) is 112 Å². The van der Waals surface area contributed by atoms with E-state index in [0.717, 1.165) is 12.8 Å². The number of carbonyl (C=O) groups excluding carboxylic acids is 1. The van der Waals surface area contributed by atoms with Crippen LogP contribution in [0.5, 0.6) is 5.88 Å². The molecule has 1 atom stereocenters. The lowest BCUT2D eigenvalue weighted by Crippen LogP contribution is -2.48. The van der Waals surface area contributed by atoms with Gasteiger partial charge in [0.1, 0.15) is 17.7 Å². The third-order valence-electron chi connectivity index (χ3n) is 5.68. The van der Waals surface area contributed by atoms with Crippen molar-refractivity contribution in [2.45, 2.75) is 44.7 Å². The largest absolute Gasteiger partial charge is 0.480 e. The average molecular weight is 420 g/mol. The van der Waals surface area contributed by atoms with Gasteiger partial charge in [0.2, 0.25) is 5.88 Å². The molecule has 0 aromatic carbocycles. The molecule has 0 radical (unpaired) electrons. The lowest BCUT2D eigenvalue weighted by Gasteiger charge is -2.33. The summed E-state index contributed by atoms with van der Waals surface area (Å²) < 4.78 is 6.92. The maximum atomic E-state index is 13.3. The van der Waals surface area contributed by atoms with E-state index in [9.17, 15) is 9.59 Å². The second-order valence-corrected chi connectivity index (χ2v) is 7.46. The minimum atomic E-state index is -0.809. The number of rotatable bonds is 5. The number of amides is 1. The van der Waals surface area contributed by atoms with Gasteiger partial charge in [-0.15, -0.1) is 0 Å². The molecule has 4 rings (SSSR count). The predicted molar refractivity (Wildman–Crippen MR) is 114 cm³/mol. The van der Waals surface area contributed by atoms with Crippen LogP contribution in [0.4, 0.5) is 0 Å². The maximum absolute atomic E-state index is 13.3. The number of aromatic nitrogens is 5. The number of methoxy groups -OCH3 is 1. The van der Waals surface area contributed by atoms with Gasteiger partial charge in [0, 0.05) is 25.0 Å². The van der Waals surface area contributed by atoms with Gasteiger partial charge in [0.25, 0.3) is 11.5 Å². The highest BCUT2D eigenvalue weighted by molar-refractivity contribution is 5.96. The van der Waals surface area contributed by atoms with E-state index in [4.69, 9.17) is 9.72 Å². The smallest absolute Gasteiger partial charge is 0.257 e. The van der Waals surface area contributed by atoms with Crippen molar-refractivity contribution in [1.29, 1.82) is 0 Å². The van der Waals surface area contributed by atoms with Gasteiger partial charge >= 0.3 is 0 Å². The number of ether oxygens (including phenoxy) is 1. The molecule has 1 amide bonds. The first-order chi connectivity index (χ1) is 15.1. The van der Waals surface area contributed by atoms with Crippen LogP contribution in [-0.4, -0.2) is 37.5 Å². The van der Waals surface area contributed by atoms with Gasteiger partial charge < -0.3 is 10.1 Å². The summed E-state index contributed by atoms with van der Waals surface area (Å²) in [6, 6.07) is 6.55. The first kappa shape index (κ1) is 20.6. The maximum Gasteiger partial charge on any atom is 0.257 e. The zero-order chi connectivity index (χ0) is 21.8. The van der Waals surface area contributed by atoms with E-state index in [0.29, 0.717) is 42.2 Å². The Morgan fingerprint density at radius 3 is 2.84 bits per heavy atom.